The Balaban J connectivity index is 2.46. The molecule has 5 heteroatoms. The minimum absolute atomic E-state index is 0.135. The number of hydrogen-bond donors (Lipinski definition) is 2. The number of carbonyl (C=O) groups excluding carboxylic acids is 2. The van der Waals surface area contributed by atoms with Crippen molar-refractivity contribution in [3.8, 4) is 0 Å². The number of carbonyl (C=O) groups is 2. The lowest BCUT2D eigenvalue weighted by atomic mass is 9.95. The van der Waals surface area contributed by atoms with E-state index in [0.29, 0.717) is 6.54 Å². The second-order valence-corrected chi connectivity index (χ2v) is 6.71. The molecule has 0 bridgehead atoms. The van der Waals surface area contributed by atoms with Crippen LogP contribution >= 0.6 is 15.9 Å². The van der Waals surface area contributed by atoms with E-state index in [9.17, 15) is 9.59 Å². The molecule has 0 aromatic heterocycles. The summed E-state index contributed by atoms with van der Waals surface area (Å²) < 4.78 is 0.999. The minimum atomic E-state index is -0.544. The fourth-order valence-corrected chi connectivity index (χ4v) is 1.69. The van der Waals surface area contributed by atoms with Gasteiger partial charge in [0.05, 0.1) is 0 Å². The SMILES string of the molecule is C[C@H](NC(=O)C(C)(C)C)C(=O)NCc1ccc(Br)cc1. The lowest BCUT2D eigenvalue weighted by molar-refractivity contribution is -0.133. The smallest absolute Gasteiger partial charge is 0.242 e. The first-order valence-corrected chi connectivity index (χ1v) is 7.32. The van der Waals surface area contributed by atoms with Crippen LogP contribution in [-0.2, 0) is 16.1 Å². The Labute approximate surface area is 128 Å². The summed E-state index contributed by atoms with van der Waals surface area (Å²) >= 11 is 3.36. The molecule has 1 rings (SSSR count). The van der Waals surface area contributed by atoms with E-state index in [4.69, 9.17) is 0 Å². The summed E-state index contributed by atoms with van der Waals surface area (Å²) in [6, 6.07) is 7.17. The molecule has 0 aliphatic rings. The Kier molecular flexibility index (Phi) is 5.74. The highest BCUT2D eigenvalue weighted by molar-refractivity contribution is 9.10. The molecule has 0 unspecified atom stereocenters. The third-order valence-corrected chi connectivity index (χ3v) is 3.33. The third-order valence-electron chi connectivity index (χ3n) is 2.80. The number of amides is 2. The number of rotatable bonds is 4. The Hall–Kier alpha value is -1.36. The van der Waals surface area contributed by atoms with E-state index in [2.05, 4.69) is 26.6 Å². The monoisotopic (exact) mass is 340 g/mol. The Morgan fingerprint density at radius 2 is 1.75 bits per heavy atom. The molecule has 1 aromatic carbocycles. The maximum atomic E-state index is 11.9. The Morgan fingerprint density at radius 1 is 1.20 bits per heavy atom. The van der Waals surface area contributed by atoms with Crippen molar-refractivity contribution >= 4 is 27.7 Å². The van der Waals surface area contributed by atoms with Gasteiger partial charge in [-0.1, -0.05) is 48.8 Å². The van der Waals surface area contributed by atoms with Gasteiger partial charge in [0.1, 0.15) is 6.04 Å². The van der Waals surface area contributed by atoms with Crippen molar-refractivity contribution in [1.29, 1.82) is 0 Å². The largest absolute Gasteiger partial charge is 0.350 e. The molecule has 0 radical (unpaired) electrons. The van der Waals surface area contributed by atoms with Gasteiger partial charge in [-0.2, -0.15) is 0 Å². The summed E-state index contributed by atoms with van der Waals surface area (Å²) in [6.45, 7) is 7.57. The fraction of sp³-hybridized carbons (Fsp3) is 0.467. The molecule has 1 atom stereocenters. The van der Waals surface area contributed by atoms with Gasteiger partial charge in [-0.15, -0.1) is 0 Å². The maximum absolute atomic E-state index is 11.9. The Bertz CT molecular complexity index is 478. The van der Waals surface area contributed by atoms with Crippen LogP contribution in [-0.4, -0.2) is 17.9 Å². The average molecular weight is 341 g/mol. The molecular weight excluding hydrogens is 320 g/mol. The first kappa shape index (κ1) is 16.7. The zero-order valence-corrected chi connectivity index (χ0v) is 13.9. The molecule has 1 aromatic rings. The van der Waals surface area contributed by atoms with Gasteiger partial charge in [-0.25, -0.2) is 0 Å². The third kappa shape index (κ3) is 5.33. The second-order valence-electron chi connectivity index (χ2n) is 5.79. The van der Waals surface area contributed by atoms with Gasteiger partial charge in [0.25, 0.3) is 0 Å². The van der Waals surface area contributed by atoms with Crippen LogP contribution in [0.2, 0.25) is 0 Å². The van der Waals surface area contributed by atoms with Gasteiger partial charge in [0.15, 0.2) is 0 Å². The number of hydrogen-bond acceptors (Lipinski definition) is 2. The predicted molar refractivity (Wildman–Crippen MR) is 83.0 cm³/mol. The molecule has 20 heavy (non-hydrogen) atoms. The minimum Gasteiger partial charge on any atom is -0.350 e. The van der Waals surface area contributed by atoms with Crippen LogP contribution in [0, 0.1) is 5.41 Å². The summed E-state index contributed by atoms with van der Waals surface area (Å²) in [7, 11) is 0. The van der Waals surface area contributed by atoms with Crippen molar-refractivity contribution in [2.24, 2.45) is 5.41 Å². The first-order chi connectivity index (χ1) is 9.20. The zero-order valence-electron chi connectivity index (χ0n) is 12.3. The van der Waals surface area contributed by atoms with Crippen molar-refractivity contribution in [2.45, 2.75) is 40.3 Å². The quantitative estimate of drug-likeness (QED) is 0.885. The van der Waals surface area contributed by atoms with Crippen LogP contribution in [0.15, 0.2) is 28.7 Å². The van der Waals surface area contributed by atoms with Crippen molar-refractivity contribution in [3.63, 3.8) is 0 Å². The highest BCUT2D eigenvalue weighted by Gasteiger charge is 2.24. The Morgan fingerprint density at radius 3 is 2.25 bits per heavy atom. The normalized spacial score (nSPS) is 12.7. The molecule has 0 heterocycles. The van der Waals surface area contributed by atoms with E-state index in [1.807, 2.05) is 45.0 Å². The molecule has 2 N–H and O–H groups in total. The summed E-state index contributed by atoms with van der Waals surface area (Å²) in [5.74, 6) is -0.325. The van der Waals surface area contributed by atoms with Crippen LogP contribution in [0.5, 0.6) is 0 Å². The van der Waals surface area contributed by atoms with E-state index in [-0.39, 0.29) is 11.8 Å². The zero-order chi connectivity index (χ0) is 15.3. The lowest BCUT2D eigenvalue weighted by Crippen LogP contribution is -2.48. The molecule has 0 saturated heterocycles. The number of halogens is 1. The van der Waals surface area contributed by atoms with E-state index in [0.717, 1.165) is 10.0 Å². The average Bonchev–Trinajstić information content (AvgIpc) is 2.36. The van der Waals surface area contributed by atoms with Gasteiger partial charge >= 0.3 is 0 Å². The van der Waals surface area contributed by atoms with Crippen LogP contribution in [0.1, 0.15) is 33.3 Å². The van der Waals surface area contributed by atoms with Crippen LogP contribution in [0.3, 0.4) is 0 Å². The van der Waals surface area contributed by atoms with Gasteiger partial charge in [-0.3, -0.25) is 9.59 Å². The molecule has 0 aliphatic heterocycles. The molecule has 4 nitrogen and oxygen atoms in total. The van der Waals surface area contributed by atoms with Crippen molar-refractivity contribution in [1.82, 2.24) is 10.6 Å². The summed E-state index contributed by atoms with van der Waals surface area (Å²) in [5.41, 5.74) is 0.510. The van der Waals surface area contributed by atoms with E-state index < -0.39 is 11.5 Å². The van der Waals surface area contributed by atoms with Crippen LogP contribution in [0.25, 0.3) is 0 Å². The molecule has 0 aliphatic carbocycles. The summed E-state index contributed by atoms with van der Waals surface area (Å²) in [5, 5.41) is 5.51. The summed E-state index contributed by atoms with van der Waals surface area (Å²) in [4.78, 5) is 23.7. The van der Waals surface area contributed by atoms with Gasteiger partial charge < -0.3 is 10.6 Å². The van der Waals surface area contributed by atoms with E-state index >= 15 is 0 Å². The van der Waals surface area contributed by atoms with Crippen LogP contribution < -0.4 is 10.6 Å². The maximum Gasteiger partial charge on any atom is 0.242 e. The van der Waals surface area contributed by atoms with Crippen molar-refractivity contribution in [2.75, 3.05) is 0 Å². The molecule has 0 saturated carbocycles. The molecule has 2 amide bonds. The number of benzene rings is 1. The standard InChI is InChI=1S/C15H21BrN2O2/c1-10(18-14(20)15(2,3)4)13(19)17-9-11-5-7-12(16)8-6-11/h5-8,10H,9H2,1-4H3,(H,17,19)(H,18,20)/t10-/m0/s1. The molecule has 0 spiro atoms. The van der Waals surface area contributed by atoms with Crippen molar-refractivity contribution in [3.05, 3.63) is 34.3 Å². The van der Waals surface area contributed by atoms with Crippen molar-refractivity contribution < 1.29 is 9.59 Å². The van der Waals surface area contributed by atoms with E-state index in [1.165, 1.54) is 0 Å². The second kappa shape index (κ2) is 6.88. The number of nitrogens with one attached hydrogen (secondary N) is 2. The fourth-order valence-electron chi connectivity index (χ4n) is 1.42. The van der Waals surface area contributed by atoms with Gasteiger partial charge in [0, 0.05) is 16.4 Å². The predicted octanol–water partition coefficient (Wildman–Crippen LogP) is 2.62. The van der Waals surface area contributed by atoms with Gasteiger partial charge in [0.2, 0.25) is 11.8 Å². The van der Waals surface area contributed by atoms with Crippen LogP contribution in [0.4, 0.5) is 0 Å². The molecule has 0 fully saturated rings. The molecular formula is C15H21BrN2O2. The highest BCUT2D eigenvalue weighted by Crippen LogP contribution is 2.13. The first-order valence-electron chi connectivity index (χ1n) is 6.53. The lowest BCUT2D eigenvalue weighted by Gasteiger charge is -2.21. The van der Waals surface area contributed by atoms with E-state index in [1.54, 1.807) is 6.92 Å². The highest BCUT2D eigenvalue weighted by atomic mass is 79.9. The molecule has 110 valence electrons. The topological polar surface area (TPSA) is 58.2 Å². The summed E-state index contributed by atoms with van der Waals surface area (Å²) in [6.07, 6.45) is 0. The van der Waals surface area contributed by atoms with Gasteiger partial charge in [-0.05, 0) is 24.6 Å².